The summed E-state index contributed by atoms with van der Waals surface area (Å²) in [5, 5.41) is 3.87. The Morgan fingerprint density at radius 2 is 1.90 bits per heavy atom. The molecule has 0 unspecified atom stereocenters. The molecule has 0 spiro atoms. The second-order valence-corrected chi connectivity index (χ2v) is 11.1. The summed E-state index contributed by atoms with van der Waals surface area (Å²) >= 11 is 0. The Morgan fingerprint density at radius 3 is 2.52 bits per heavy atom. The van der Waals surface area contributed by atoms with Crippen molar-refractivity contribution < 1.29 is 9.53 Å². The van der Waals surface area contributed by atoms with Gasteiger partial charge in [-0.25, -0.2) is 4.79 Å². The van der Waals surface area contributed by atoms with Crippen molar-refractivity contribution in [2.75, 3.05) is 46.3 Å². The molecule has 3 rings (SSSR count). The van der Waals surface area contributed by atoms with E-state index in [1.165, 1.54) is 12.8 Å². The highest BCUT2D eigenvalue weighted by Crippen LogP contribution is 2.36. The van der Waals surface area contributed by atoms with Gasteiger partial charge in [0.1, 0.15) is 5.60 Å². The topological polar surface area (TPSA) is 48.0 Å². The molecule has 1 aliphatic carbocycles. The highest BCUT2D eigenvalue weighted by Gasteiger charge is 2.38. The lowest BCUT2D eigenvalue weighted by Gasteiger charge is -2.45. The van der Waals surface area contributed by atoms with Gasteiger partial charge < -0.3 is 15.0 Å². The van der Waals surface area contributed by atoms with Gasteiger partial charge in [0.2, 0.25) is 0 Å². The smallest absolute Gasteiger partial charge is 0.410 e. The molecular formula is C23H44N4O2. The third kappa shape index (κ3) is 6.56. The van der Waals surface area contributed by atoms with E-state index in [-0.39, 0.29) is 11.6 Å². The molecule has 1 amide bonds. The van der Waals surface area contributed by atoms with Crippen molar-refractivity contribution in [1.82, 2.24) is 20.0 Å². The van der Waals surface area contributed by atoms with E-state index < -0.39 is 5.60 Å². The molecule has 6 nitrogen and oxygen atoms in total. The third-order valence-electron chi connectivity index (χ3n) is 6.95. The minimum atomic E-state index is -0.422. The minimum absolute atomic E-state index is 0.130. The number of amides is 1. The molecule has 2 aliphatic heterocycles. The average Bonchev–Trinajstić information content (AvgIpc) is 3.34. The zero-order valence-corrected chi connectivity index (χ0v) is 19.7. The molecule has 2 heterocycles. The number of nitrogens with one attached hydrogen (secondary N) is 1. The van der Waals surface area contributed by atoms with Gasteiger partial charge in [-0.05, 0) is 79.7 Å². The number of likely N-dealkylation sites (tertiary alicyclic amines) is 1. The van der Waals surface area contributed by atoms with E-state index in [1.807, 2.05) is 25.7 Å². The van der Waals surface area contributed by atoms with Crippen molar-refractivity contribution in [2.24, 2.45) is 5.92 Å². The molecule has 3 aliphatic rings. The van der Waals surface area contributed by atoms with E-state index in [4.69, 9.17) is 4.74 Å². The highest BCUT2D eigenvalue weighted by molar-refractivity contribution is 5.68. The number of piperazine rings is 1. The van der Waals surface area contributed by atoms with Crippen LogP contribution < -0.4 is 5.32 Å². The second kappa shape index (κ2) is 9.11. The van der Waals surface area contributed by atoms with Crippen LogP contribution in [0, 0.1) is 5.92 Å². The molecule has 1 saturated carbocycles. The Balaban J connectivity index is 1.47. The Bertz CT molecular complexity index is 556. The second-order valence-electron chi connectivity index (χ2n) is 11.1. The predicted molar refractivity (Wildman–Crippen MR) is 118 cm³/mol. The van der Waals surface area contributed by atoms with E-state index in [0.29, 0.717) is 12.1 Å². The monoisotopic (exact) mass is 408 g/mol. The molecule has 0 aromatic carbocycles. The van der Waals surface area contributed by atoms with Gasteiger partial charge >= 0.3 is 6.09 Å². The number of carbonyl (C=O) groups is 1. The molecule has 6 heteroatoms. The third-order valence-corrected chi connectivity index (χ3v) is 6.95. The van der Waals surface area contributed by atoms with E-state index in [2.05, 4.69) is 36.0 Å². The van der Waals surface area contributed by atoms with E-state index in [9.17, 15) is 4.79 Å². The van der Waals surface area contributed by atoms with Gasteiger partial charge in [-0.1, -0.05) is 0 Å². The number of hydrogen-bond acceptors (Lipinski definition) is 5. The highest BCUT2D eigenvalue weighted by atomic mass is 16.6. The van der Waals surface area contributed by atoms with Crippen molar-refractivity contribution in [2.45, 2.75) is 89.9 Å². The van der Waals surface area contributed by atoms with Crippen molar-refractivity contribution in [1.29, 1.82) is 0 Å². The molecule has 0 bridgehead atoms. The fourth-order valence-corrected chi connectivity index (χ4v) is 4.82. The lowest BCUT2D eigenvalue weighted by Crippen LogP contribution is -2.58. The van der Waals surface area contributed by atoms with Gasteiger partial charge in [0, 0.05) is 56.9 Å². The molecular weight excluding hydrogens is 364 g/mol. The summed E-state index contributed by atoms with van der Waals surface area (Å²) < 4.78 is 5.65. The van der Waals surface area contributed by atoms with Crippen molar-refractivity contribution >= 4 is 6.09 Å². The molecule has 3 fully saturated rings. The van der Waals surface area contributed by atoms with Gasteiger partial charge in [0.25, 0.3) is 0 Å². The summed E-state index contributed by atoms with van der Waals surface area (Å²) in [5.41, 5.74) is -0.166. The number of carbonyl (C=O) groups excluding carboxylic acids is 1. The van der Waals surface area contributed by atoms with Crippen LogP contribution in [-0.4, -0.2) is 90.3 Å². The summed E-state index contributed by atoms with van der Waals surface area (Å²) in [5.74, 6) is 0.792. The Morgan fingerprint density at radius 1 is 1.17 bits per heavy atom. The van der Waals surface area contributed by atoms with Crippen molar-refractivity contribution in [3.8, 4) is 0 Å². The van der Waals surface area contributed by atoms with Crippen LogP contribution in [-0.2, 0) is 4.74 Å². The van der Waals surface area contributed by atoms with Crippen LogP contribution in [0.5, 0.6) is 0 Å². The van der Waals surface area contributed by atoms with Crippen molar-refractivity contribution in [3.63, 3.8) is 0 Å². The van der Waals surface area contributed by atoms with Crippen LogP contribution in [0.15, 0.2) is 0 Å². The van der Waals surface area contributed by atoms with Gasteiger partial charge in [0.05, 0.1) is 0 Å². The average molecular weight is 409 g/mol. The number of rotatable bonds is 7. The van der Waals surface area contributed by atoms with Crippen LogP contribution in [0.3, 0.4) is 0 Å². The fraction of sp³-hybridized carbons (Fsp3) is 0.957. The van der Waals surface area contributed by atoms with E-state index in [0.717, 1.165) is 64.4 Å². The molecule has 0 aromatic rings. The summed E-state index contributed by atoms with van der Waals surface area (Å²) in [7, 11) is 2.23. The lowest BCUT2D eigenvalue weighted by molar-refractivity contribution is 0.0210. The minimum Gasteiger partial charge on any atom is -0.444 e. The Kier molecular flexibility index (Phi) is 7.17. The van der Waals surface area contributed by atoms with Crippen LogP contribution in [0.1, 0.15) is 66.7 Å². The fourth-order valence-electron chi connectivity index (χ4n) is 4.82. The number of nitrogens with zero attached hydrogens (tertiary/aromatic N) is 3. The van der Waals surface area contributed by atoms with Crippen molar-refractivity contribution in [3.05, 3.63) is 0 Å². The molecule has 0 aromatic heterocycles. The largest absolute Gasteiger partial charge is 0.444 e. The van der Waals surface area contributed by atoms with Crippen LogP contribution >= 0.6 is 0 Å². The van der Waals surface area contributed by atoms with Gasteiger partial charge in [-0.15, -0.1) is 0 Å². The summed E-state index contributed by atoms with van der Waals surface area (Å²) in [6, 6.07) is 0.856. The molecule has 168 valence electrons. The zero-order valence-electron chi connectivity index (χ0n) is 19.7. The lowest BCUT2D eigenvalue weighted by atomic mass is 9.99. The number of likely N-dealkylation sites (N-methyl/N-ethyl adjacent to an activating group) is 1. The van der Waals surface area contributed by atoms with Crippen LogP contribution in [0.2, 0.25) is 0 Å². The van der Waals surface area contributed by atoms with E-state index >= 15 is 0 Å². The van der Waals surface area contributed by atoms with E-state index in [1.54, 1.807) is 0 Å². The first kappa shape index (κ1) is 22.8. The predicted octanol–water partition coefficient (Wildman–Crippen LogP) is 3.17. The first-order valence-corrected chi connectivity index (χ1v) is 11.7. The van der Waals surface area contributed by atoms with Crippen LogP contribution in [0.4, 0.5) is 4.79 Å². The molecule has 0 radical (unpaired) electrons. The molecule has 29 heavy (non-hydrogen) atoms. The summed E-state index contributed by atoms with van der Waals surface area (Å²) in [4.78, 5) is 19.7. The number of ether oxygens (including phenoxy) is 1. The quantitative estimate of drug-likeness (QED) is 0.701. The SMILES string of the molecule is CN1CCN(CCN[C@@H](C[C@@H]2CCCN2C(=O)OC(C)(C)C)C2CC2)CC1(C)C. The standard InChI is InChI=1S/C23H44N4O2/c1-22(2,3)29-21(28)27-12-7-8-19(27)16-20(18-9-10-18)24-11-13-26-15-14-25(6)23(4,5)17-26/h18-20,24H,7-17H2,1-6H3/t19-,20-/m0/s1. The van der Waals surface area contributed by atoms with Crippen LogP contribution in [0.25, 0.3) is 0 Å². The number of hydrogen-bond donors (Lipinski definition) is 1. The van der Waals surface area contributed by atoms with Gasteiger partial charge in [-0.2, -0.15) is 0 Å². The summed E-state index contributed by atoms with van der Waals surface area (Å²) in [6.07, 6.45) is 5.80. The van der Waals surface area contributed by atoms with Gasteiger partial charge in [0.15, 0.2) is 0 Å². The van der Waals surface area contributed by atoms with Gasteiger partial charge in [-0.3, -0.25) is 9.80 Å². The normalized spacial score (nSPS) is 27.2. The zero-order chi connectivity index (χ0) is 21.2. The molecule has 1 N–H and O–H groups in total. The maximum atomic E-state index is 12.6. The first-order valence-electron chi connectivity index (χ1n) is 11.7. The molecule has 2 saturated heterocycles. The maximum Gasteiger partial charge on any atom is 0.410 e. The molecule has 2 atom stereocenters. The summed E-state index contributed by atoms with van der Waals surface area (Å²) in [6.45, 7) is 17.0. The Hall–Kier alpha value is -0.850. The Labute approximate surface area is 178 Å². The first-order chi connectivity index (χ1) is 13.5. The maximum absolute atomic E-state index is 12.6.